The summed E-state index contributed by atoms with van der Waals surface area (Å²) in [6.07, 6.45) is 2.68. The average Bonchev–Trinajstić information content (AvgIpc) is 2.33. The fourth-order valence-electron chi connectivity index (χ4n) is 2.23. The van der Waals surface area contributed by atoms with Crippen molar-refractivity contribution in [1.82, 2.24) is 5.32 Å². The van der Waals surface area contributed by atoms with Crippen molar-refractivity contribution >= 4 is 5.97 Å². The van der Waals surface area contributed by atoms with Crippen LogP contribution in [0.2, 0.25) is 0 Å². The van der Waals surface area contributed by atoms with Gasteiger partial charge in [0.25, 0.3) is 0 Å². The van der Waals surface area contributed by atoms with Crippen LogP contribution in [0.15, 0.2) is 24.3 Å². The molecule has 2 atom stereocenters. The van der Waals surface area contributed by atoms with E-state index in [-0.39, 0.29) is 12.0 Å². The minimum Gasteiger partial charge on any atom is -0.497 e. The number of carbonyl (C=O) groups is 1. The van der Waals surface area contributed by atoms with E-state index in [1.54, 1.807) is 7.11 Å². The van der Waals surface area contributed by atoms with Crippen molar-refractivity contribution in [2.24, 2.45) is 5.92 Å². The SMILES string of the molecule is COc1ccc(CCNC2CCC2C(=O)O)cc1. The summed E-state index contributed by atoms with van der Waals surface area (Å²) in [5.41, 5.74) is 1.23. The van der Waals surface area contributed by atoms with Crippen LogP contribution in [0, 0.1) is 5.92 Å². The predicted molar refractivity (Wildman–Crippen MR) is 68.8 cm³/mol. The number of ether oxygens (including phenoxy) is 1. The maximum Gasteiger partial charge on any atom is 0.308 e. The molecule has 0 heterocycles. The molecule has 0 radical (unpaired) electrons. The fourth-order valence-corrected chi connectivity index (χ4v) is 2.23. The first kappa shape index (κ1) is 12.9. The first-order valence-corrected chi connectivity index (χ1v) is 6.30. The summed E-state index contributed by atoms with van der Waals surface area (Å²) in [4.78, 5) is 10.8. The van der Waals surface area contributed by atoms with Gasteiger partial charge in [0.1, 0.15) is 5.75 Å². The van der Waals surface area contributed by atoms with Crippen LogP contribution in [0.1, 0.15) is 18.4 Å². The van der Waals surface area contributed by atoms with Gasteiger partial charge in [-0.1, -0.05) is 12.1 Å². The van der Waals surface area contributed by atoms with E-state index in [9.17, 15) is 4.79 Å². The molecule has 1 aliphatic carbocycles. The average molecular weight is 249 g/mol. The largest absolute Gasteiger partial charge is 0.497 e. The topological polar surface area (TPSA) is 58.6 Å². The van der Waals surface area contributed by atoms with E-state index in [1.807, 2.05) is 24.3 Å². The third-order valence-corrected chi connectivity index (χ3v) is 3.57. The van der Waals surface area contributed by atoms with E-state index in [0.29, 0.717) is 0 Å². The lowest BCUT2D eigenvalue weighted by Gasteiger charge is -2.34. The van der Waals surface area contributed by atoms with Crippen molar-refractivity contribution < 1.29 is 14.6 Å². The molecule has 0 aliphatic heterocycles. The molecular weight excluding hydrogens is 230 g/mol. The van der Waals surface area contributed by atoms with Gasteiger partial charge in [-0.05, 0) is 43.5 Å². The van der Waals surface area contributed by atoms with Crippen LogP contribution in [-0.4, -0.2) is 30.8 Å². The summed E-state index contributed by atoms with van der Waals surface area (Å²) in [5, 5.41) is 12.2. The quantitative estimate of drug-likeness (QED) is 0.805. The van der Waals surface area contributed by atoms with Crippen molar-refractivity contribution in [2.45, 2.75) is 25.3 Å². The Kier molecular flexibility index (Phi) is 4.20. The van der Waals surface area contributed by atoms with Crippen LogP contribution in [0.4, 0.5) is 0 Å². The third kappa shape index (κ3) is 3.01. The molecule has 18 heavy (non-hydrogen) atoms. The fraction of sp³-hybridized carbons (Fsp3) is 0.500. The molecule has 0 aromatic heterocycles. The van der Waals surface area contributed by atoms with Gasteiger partial charge in [0.15, 0.2) is 0 Å². The third-order valence-electron chi connectivity index (χ3n) is 3.57. The molecule has 98 valence electrons. The molecule has 0 spiro atoms. The monoisotopic (exact) mass is 249 g/mol. The summed E-state index contributed by atoms with van der Waals surface area (Å²) >= 11 is 0. The zero-order chi connectivity index (χ0) is 13.0. The summed E-state index contributed by atoms with van der Waals surface area (Å²) in [6.45, 7) is 0.820. The molecular formula is C14H19NO3. The second-order valence-corrected chi connectivity index (χ2v) is 4.68. The maximum absolute atomic E-state index is 10.8. The minimum atomic E-state index is -0.678. The number of carboxylic acids is 1. The molecule has 1 aliphatic rings. The van der Waals surface area contributed by atoms with Crippen molar-refractivity contribution in [1.29, 1.82) is 0 Å². The molecule has 2 unspecified atom stereocenters. The Morgan fingerprint density at radius 2 is 2.11 bits per heavy atom. The Hall–Kier alpha value is -1.55. The lowest BCUT2D eigenvalue weighted by Crippen LogP contribution is -2.48. The van der Waals surface area contributed by atoms with Crippen molar-refractivity contribution in [3.05, 3.63) is 29.8 Å². The number of methoxy groups -OCH3 is 1. The van der Waals surface area contributed by atoms with E-state index < -0.39 is 5.97 Å². The van der Waals surface area contributed by atoms with Gasteiger partial charge in [-0.25, -0.2) is 0 Å². The number of aliphatic carboxylic acids is 1. The lowest BCUT2D eigenvalue weighted by atomic mass is 9.79. The van der Waals surface area contributed by atoms with Gasteiger partial charge in [-0.2, -0.15) is 0 Å². The standard InChI is InChI=1S/C14H19NO3/c1-18-11-4-2-10(3-5-11)8-9-15-13-7-6-12(13)14(16)17/h2-5,12-13,15H,6-9H2,1H3,(H,16,17). The highest BCUT2D eigenvalue weighted by Gasteiger charge is 2.35. The zero-order valence-electron chi connectivity index (χ0n) is 10.6. The number of carboxylic acid groups (broad SMARTS) is 1. The van der Waals surface area contributed by atoms with Crippen LogP contribution in [0.25, 0.3) is 0 Å². The van der Waals surface area contributed by atoms with Gasteiger partial charge in [0.2, 0.25) is 0 Å². The number of rotatable bonds is 6. The van der Waals surface area contributed by atoms with Gasteiger partial charge >= 0.3 is 5.97 Å². The smallest absolute Gasteiger partial charge is 0.308 e. The molecule has 1 fully saturated rings. The molecule has 1 saturated carbocycles. The van der Waals surface area contributed by atoms with Crippen LogP contribution in [-0.2, 0) is 11.2 Å². The van der Waals surface area contributed by atoms with E-state index in [2.05, 4.69) is 5.32 Å². The predicted octanol–water partition coefficient (Wildman–Crippen LogP) is 1.69. The first-order chi connectivity index (χ1) is 8.70. The molecule has 4 nitrogen and oxygen atoms in total. The lowest BCUT2D eigenvalue weighted by molar-refractivity contribution is -0.146. The van der Waals surface area contributed by atoms with Gasteiger partial charge in [0, 0.05) is 6.04 Å². The minimum absolute atomic E-state index is 0.153. The molecule has 2 rings (SSSR count). The van der Waals surface area contributed by atoms with Crippen molar-refractivity contribution in [2.75, 3.05) is 13.7 Å². The number of benzene rings is 1. The van der Waals surface area contributed by atoms with Gasteiger partial charge < -0.3 is 15.2 Å². The Morgan fingerprint density at radius 1 is 1.39 bits per heavy atom. The van der Waals surface area contributed by atoms with Crippen LogP contribution in [0.3, 0.4) is 0 Å². The second-order valence-electron chi connectivity index (χ2n) is 4.68. The number of nitrogens with one attached hydrogen (secondary N) is 1. The van der Waals surface area contributed by atoms with Gasteiger partial charge in [-0.15, -0.1) is 0 Å². The Balaban J connectivity index is 1.73. The summed E-state index contributed by atoms with van der Waals surface area (Å²) in [6, 6.07) is 8.12. The highest BCUT2D eigenvalue weighted by molar-refractivity contribution is 5.72. The Labute approximate surface area is 107 Å². The highest BCUT2D eigenvalue weighted by atomic mass is 16.5. The maximum atomic E-state index is 10.8. The second kappa shape index (κ2) is 5.87. The summed E-state index contributed by atoms with van der Waals surface area (Å²) in [5.74, 6) is -0.0132. The highest BCUT2D eigenvalue weighted by Crippen LogP contribution is 2.27. The van der Waals surface area contributed by atoms with Gasteiger partial charge in [-0.3, -0.25) is 4.79 Å². The Morgan fingerprint density at radius 3 is 2.61 bits per heavy atom. The van der Waals surface area contributed by atoms with E-state index >= 15 is 0 Å². The molecule has 0 amide bonds. The van der Waals surface area contributed by atoms with Crippen molar-refractivity contribution in [3.63, 3.8) is 0 Å². The first-order valence-electron chi connectivity index (χ1n) is 6.30. The van der Waals surface area contributed by atoms with E-state index in [0.717, 1.165) is 31.6 Å². The molecule has 2 N–H and O–H groups in total. The van der Waals surface area contributed by atoms with Crippen LogP contribution < -0.4 is 10.1 Å². The van der Waals surface area contributed by atoms with Gasteiger partial charge in [0.05, 0.1) is 13.0 Å². The Bertz CT molecular complexity index is 402. The molecule has 1 aromatic carbocycles. The van der Waals surface area contributed by atoms with E-state index in [1.165, 1.54) is 5.56 Å². The number of hydrogen-bond donors (Lipinski definition) is 2. The zero-order valence-corrected chi connectivity index (χ0v) is 10.6. The normalized spacial score (nSPS) is 22.3. The molecule has 0 bridgehead atoms. The molecule has 4 heteroatoms. The van der Waals surface area contributed by atoms with Crippen LogP contribution >= 0.6 is 0 Å². The van der Waals surface area contributed by atoms with Crippen molar-refractivity contribution in [3.8, 4) is 5.75 Å². The van der Waals surface area contributed by atoms with Crippen LogP contribution in [0.5, 0.6) is 5.75 Å². The summed E-state index contributed by atoms with van der Waals surface area (Å²) < 4.78 is 5.10. The molecule has 0 saturated heterocycles. The summed E-state index contributed by atoms with van der Waals surface area (Å²) in [7, 11) is 1.65. The molecule has 1 aromatic rings. The van der Waals surface area contributed by atoms with E-state index in [4.69, 9.17) is 9.84 Å². The number of hydrogen-bond acceptors (Lipinski definition) is 3.